The minimum absolute atomic E-state index is 0.170. The molecule has 1 unspecified atom stereocenters. The van der Waals surface area contributed by atoms with Crippen LogP contribution < -0.4 is 0 Å². The van der Waals surface area contributed by atoms with Crippen molar-refractivity contribution in [2.24, 2.45) is 5.92 Å². The second kappa shape index (κ2) is 10.4. The molecule has 0 aliphatic carbocycles. The molecular formula is C23H39IO3Si. The van der Waals surface area contributed by atoms with Crippen LogP contribution in [0.2, 0.25) is 18.1 Å². The lowest BCUT2D eigenvalue weighted by atomic mass is 10.0. The van der Waals surface area contributed by atoms with Gasteiger partial charge in [0.1, 0.15) is 0 Å². The number of hydrogen-bond donors (Lipinski definition) is 0. The Hall–Kier alpha value is 0.0469. The standard InChI is InChI=1S/C23H39IO3Si/c1-17(15-26-28(6,7)23(3,4)5)20-13-14-21(27-20)22(24)18(2)25-16-19-11-9-8-10-12-19/h8-12,17-18,20-22H,13-16H2,1-7H3/t17-,18-,20+,21-,22?/m0/s1. The molecule has 0 bridgehead atoms. The molecular weight excluding hydrogens is 479 g/mol. The molecule has 0 amide bonds. The van der Waals surface area contributed by atoms with Crippen LogP contribution in [0.25, 0.3) is 0 Å². The molecule has 1 fully saturated rings. The molecule has 0 aromatic heterocycles. The summed E-state index contributed by atoms with van der Waals surface area (Å²) in [4.78, 5) is 0. The van der Waals surface area contributed by atoms with E-state index in [2.05, 4.69) is 94.6 Å². The zero-order valence-corrected chi connectivity index (χ0v) is 21.9. The summed E-state index contributed by atoms with van der Waals surface area (Å²) in [6.45, 7) is 17.4. The van der Waals surface area contributed by atoms with Crippen molar-refractivity contribution in [2.45, 2.75) is 94.4 Å². The van der Waals surface area contributed by atoms with Crippen LogP contribution in [0.3, 0.4) is 0 Å². The molecule has 1 heterocycles. The minimum Gasteiger partial charge on any atom is -0.416 e. The molecule has 28 heavy (non-hydrogen) atoms. The highest BCUT2D eigenvalue weighted by Crippen LogP contribution is 2.38. The molecule has 1 saturated heterocycles. The molecule has 160 valence electrons. The van der Waals surface area contributed by atoms with E-state index in [4.69, 9.17) is 13.9 Å². The van der Waals surface area contributed by atoms with Crippen molar-refractivity contribution >= 4 is 30.9 Å². The largest absolute Gasteiger partial charge is 0.416 e. The van der Waals surface area contributed by atoms with Crippen LogP contribution >= 0.6 is 22.6 Å². The van der Waals surface area contributed by atoms with Gasteiger partial charge in [-0.3, -0.25) is 0 Å². The van der Waals surface area contributed by atoms with Gasteiger partial charge in [-0.05, 0) is 43.5 Å². The first-order valence-electron chi connectivity index (χ1n) is 10.6. The van der Waals surface area contributed by atoms with Crippen LogP contribution in [-0.2, 0) is 20.5 Å². The SMILES string of the molecule is C[C@H](OCc1ccccc1)C(I)[C@@H]1CC[C@H]([C@@H](C)CO[Si](C)(C)C(C)(C)C)O1. The van der Waals surface area contributed by atoms with Gasteiger partial charge >= 0.3 is 0 Å². The van der Waals surface area contributed by atoms with E-state index in [0.717, 1.165) is 19.4 Å². The maximum Gasteiger partial charge on any atom is 0.191 e. The van der Waals surface area contributed by atoms with Crippen molar-refractivity contribution in [2.75, 3.05) is 6.61 Å². The number of halogens is 1. The summed E-state index contributed by atoms with van der Waals surface area (Å²) >= 11 is 2.52. The van der Waals surface area contributed by atoms with Gasteiger partial charge in [0.25, 0.3) is 0 Å². The summed E-state index contributed by atoms with van der Waals surface area (Å²) < 4.78 is 19.4. The zero-order chi connectivity index (χ0) is 20.9. The van der Waals surface area contributed by atoms with Crippen molar-refractivity contribution in [3.63, 3.8) is 0 Å². The summed E-state index contributed by atoms with van der Waals surface area (Å²) in [6, 6.07) is 10.4. The van der Waals surface area contributed by atoms with Gasteiger partial charge in [0.2, 0.25) is 0 Å². The van der Waals surface area contributed by atoms with E-state index in [1.54, 1.807) is 0 Å². The van der Waals surface area contributed by atoms with Crippen LogP contribution in [0.5, 0.6) is 0 Å². The Balaban J connectivity index is 1.78. The third-order valence-electron chi connectivity index (χ3n) is 6.39. The van der Waals surface area contributed by atoms with Gasteiger partial charge in [0.05, 0.1) is 28.8 Å². The predicted molar refractivity (Wildman–Crippen MR) is 129 cm³/mol. The highest BCUT2D eigenvalue weighted by molar-refractivity contribution is 14.1. The quantitative estimate of drug-likeness (QED) is 0.209. The molecule has 0 N–H and O–H groups in total. The zero-order valence-electron chi connectivity index (χ0n) is 18.7. The van der Waals surface area contributed by atoms with Crippen LogP contribution in [0, 0.1) is 5.92 Å². The normalized spacial score (nSPS) is 24.1. The number of benzene rings is 1. The van der Waals surface area contributed by atoms with E-state index in [0.29, 0.717) is 22.6 Å². The van der Waals surface area contributed by atoms with Gasteiger partial charge in [-0.15, -0.1) is 0 Å². The van der Waals surface area contributed by atoms with Gasteiger partial charge in [-0.2, -0.15) is 0 Å². The Kier molecular flexibility index (Phi) is 9.01. The van der Waals surface area contributed by atoms with Crippen molar-refractivity contribution in [1.82, 2.24) is 0 Å². The first-order valence-corrected chi connectivity index (χ1v) is 14.8. The summed E-state index contributed by atoms with van der Waals surface area (Å²) in [7, 11) is -1.70. The van der Waals surface area contributed by atoms with E-state index in [9.17, 15) is 0 Å². The lowest BCUT2D eigenvalue weighted by molar-refractivity contribution is -0.0261. The number of alkyl halides is 1. The van der Waals surface area contributed by atoms with Gasteiger partial charge in [0.15, 0.2) is 8.32 Å². The predicted octanol–water partition coefficient (Wildman–Crippen LogP) is 6.60. The summed E-state index contributed by atoms with van der Waals surface area (Å²) in [5.41, 5.74) is 1.22. The lowest BCUT2D eigenvalue weighted by Gasteiger charge is -2.37. The second-order valence-corrected chi connectivity index (χ2v) is 16.0. The smallest absolute Gasteiger partial charge is 0.191 e. The molecule has 0 spiro atoms. The van der Waals surface area contributed by atoms with Crippen LogP contribution in [0.4, 0.5) is 0 Å². The molecule has 0 saturated carbocycles. The molecule has 5 heteroatoms. The molecule has 1 aromatic rings. The number of hydrogen-bond acceptors (Lipinski definition) is 3. The molecule has 1 aliphatic rings. The average Bonchev–Trinajstić information content (AvgIpc) is 3.13. The van der Waals surface area contributed by atoms with E-state index in [-0.39, 0.29) is 17.2 Å². The van der Waals surface area contributed by atoms with Crippen LogP contribution in [-0.4, -0.2) is 37.2 Å². The molecule has 3 nitrogen and oxygen atoms in total. The van der Waals surface area contributed by atoms with E-state index in [1.165, 1.54) is 5.56 Å². The van der Waals surface area contributed by atoms with Crippen LogP contribution in [0.1, 0.15) is 53.0 Å². The maximum absolute atomic E-state index is 6.46. The summed E-state index contributed by atoms with van der Waals surface area (Å²) in [5.74, 6) is 0.434. The minimum atomic E-state index is -1.70. The Morgan fingerprint density at radius 1 is 1.11 bits per heavy atom. The molecule has 1 aromatic carbocycles. The van der Waals surface area contributed by atoms with E-state index in [1.807, 2.05) is 6.07 Å². The average molecular weight is 519 g/mol. The van der Waals surface area contributed by atoms with E-state index < -0.39 is 8.32 Å². The monoisotopic (exact) mass is 518 g/mol. The highest BCUT2D eigenvalue weighted by Gasteiger charge is 2.39. The second-order valence-electron chi connectivity index (χ2n) is 9.79. The first kappa shape index (κ1) is 24.3. The Morgan fingerprint density at radius 3 is 2.32 bits per heavy atom. The lowest BCUT2D eigenvalue weighted by Crippen LogP contribution is -2.42. The maximum atomic E-state index is 6.46. The first-order chi connectivity index (χ1) is 13.0. The number of ether oxygens (including phenoxy) is 2. The van der Waals surface area contributed by atoms with Gasteiger partial charge < -0.3 is 13.9 Å². The fourth-order valence-corrected chi connectivity index (χ4v) is 5.05. The fraction of sp³-hybridized carbons (Fsp3) is 0.739. The summed E-state index contributed by atoms with van der Waals surface area (Å²) in [5, 5.41) is 0.255. The van der Waals surface area contributed by atoms with Crippen molar-refractivity contribution in [1.29, 1.82) is 0 Å². The van der Waals surface area contributed by atoms with E-state index >= 15 is 0 Å². The van der Waals surface area contributed by atoms with Crippen molar-refractivity contribution < 1.29 is 13.9 Å². The van der Waals surface area contributed by atoms with Crippen LogP contribution in [0.15, 0.2) is 30.3 Å². The Labute approximate surface area is 187 Å². The van der Waals surface area contributed by atoms with Crippen molar-refractivity contribution in [3.8, 4) is 0 Å². The van der Waals surface area contributed by atoms with Crippen molar-refractivity contribution in [3.05, 3.63) is 35.9 Å². The molecule has 0 radical (unpaired) electrons. The Morgan fingerprint density at radius 2 is 1.71 bits per heavy atom. The fourth-order valence-electron chi connectivity index (χ4n) is 3.20. The topological polar surface area (TPSA) is 27.7 Å². The van der Waals surface area contributed by atoms with Gasteiger partial charge in [-0.25, -0.2) is 0 Å². The number of rotatable bonds is 9. The molecule has 5 atom stereocenters. The Bertz CT molecular complexity index is 587. The van der Waals surface area contributed by atoms with Gasteiger partial charge in [-0.1, -0.05) is 80.6 Å². The molecule has 2 rings (SSSR count). The third-order valence-corrected chi connectivity index (χ3v) is 12.7. The molecule has 1 aliphatic heterocycles. The van der Waals surface area contributed by atoms with Gasteiger partial charge in [0, 0.05) is 12.5 Å². The highest BCUT2D eigenvalue weighted by atomic mass is 127. The summed E-state index contributed by atoms with van der Waals surface area (Å²) in [6.07, 6.45) is 2.97. The third kappa shape index (κ3) is 6.79.